The van der Waals surface area contributed by atoms with Crippen molar-refractivity contribution in [2.24, 2.45) is 4.99 Å². The molecule has 0 aromatic carbocycles. The lowest BCUT2D eigenvalue weighted by Crippen LogP contribution is -2.22. The predicted octanol–water partition coefficient (Wildman–Crippen LogP) is 2.35. The van der Waals surface area contributed by atoms with Crippen LogP contribution in [0.25, 0.3) is 0 Å². The van der Waals surface area contributed by atoms with Gasteiger partial charge < -0.3 is 4.74 Å². The van der Waals surface area contributed by atoms with Gasteiger partial charge in [-0.1, -0.05) is 0 Å². The van der Waals surface area contributed by atoms with Crippen molar-refractivity contribution in [3.63, 3.8) is 0 Å². The van der Waals surface area contributed by atoms with E-state index in [1.807, 2.05) is 0 Å². The fourth-order valence-electron chi connectivity index (χ4n) is 1.76. The zero-order valence-corrected chi connectivity index (χ0v) is 10.2. The lowest BCUT2D eigenvalue weighted by atomic mass is 10.4. The van der Waals surface area contributed by atoms with Gasteiger partial charge >= 0.3 is 5.30 Å². The predicted molar refractivity (Wildman–Crippen MR) is 63.8 cm³/mol. The summed E-state index contributed by atoms with van der Waals surface area (Å²) in [6.07, 6.45) is 3.94. The number of aliphatic imine (C=N–C) groups is 1. The number of imidazole rings is 1. The van der Waals surface area contributed by atoms with Gasteiger partial charge in [-0.3, -0.25) is 3.97 Å². The van der Waals surface area contributed by atoms with E-state index in [0.29, 0.717) is 23.7 Å². The maximum atomic E-state index is 14.1. The summed E-state index contributed by atoms with van der Waals surface area (Å²) in [4.78, 5) is 20.0. The van der Waals surface area contributed by atoms with Crippen LogP contribution in [0.5, 0.6) is 0 Å². The van der Waals surface area contributed by atoms with E-state index >= 15 is 0 Å². The Hall–Kier alpha value is -1.37. The largest absolute Gasteiger partial charge is 0.458 e. The summed E-state index contributed by atoms with van der Waals surface area (Å²) in [7, 11) is 0. The molecule has 0 bridgehead atoms. The van der Waals surface area contributed by atoms with Crippen molar-refractivity contribution in [1.82, 2.24) is 8.96 Å². The van der Waals surface area contributed by atoms with E-state index in [1.165, 1.54) is 12.5 Å². The Kier molecular flexibility index (Phi) is 2.25. The van der Waals surface area contributed by atoms with Crippen molar-refractivity contribution in [1.29, 1.82) is 0 Å². The lowest BCUT2D eigenvalue weighted by Gasteiger charge is -2.19. The molecule has 1 atom stereocenters. The van der Waals surface area contributed by atoms with Crippen LogP contribution >= 0.6 is 11.1 Å². The second-order valence-corrected chi connectivity index (χ2v) is 5.85. The molecule has 5 nitrogen and oxygen atoms in total. The molecule has 0 radical (unpaired) electrons. The van der Waals surface area contributed by atoms with Crippen LogP contribution in [-0.4, -0.2) is 31.6 Å². The molecule has 1 aromatic rings. The van der Waals surface area contributed by atoms with E-state index in [2.05, 4.69) is 9.98 Å². The monoisotopic (exact) mass is 257 g/mol. The summed E-state index contributed by atoms with van der Waals surface area (Å²) in [6.45, 7) is 2.02. The van der Waals surface area contributed by atoms with Crippen LogP contribution in [0.15, 0.2) is 17.5 Å². The number of rotatable bonds is 2. The Morgan fingerprint density at radius 3 is 3.12 bits per heavy atom. The minimum absolute atomic E-state index is 0.286. The van der Waals surface area contributed by atoms with Crippen molar-refractivity contribution in [2.75, 3.05) is 6.61 Å². The summed E-state index contributed by atoms with van der Waals surface area (Å²) >= 11 is -1.51. The molecule has 1 aliphatic carbocycles. The second kappa shape index (κ2) is 3.56. The minimum atomic E-state index is -1.51. The van der Waals surface area contributed by atoms with Crippen LogP contribution < -0.4 is 0 Å². The van der Waals surface area contributed by atoms with Gasteiger partial charge in [0.25, 0.3) is 0 Å². The van der Waals surface area contributed by atoms with Gasteiger partial charge in [0.1, 0.15) is 11.4 Å². The van der Waals surface area contributed by atoms with Crippen molar-refractivity contribution in [3.05, 3.63) is 12.5 Å². The van der Waals surface area contributed by atoms with Crippen LogP contribution in [-0.2, 0) is 4.74 Å². The van der Waals surface area contributed by atoms with Crippen LogP contribution in [0.1, 0.15) is 19.8 Å². The zero-order chi connectivity index (χ0) is 12.0. The summed E-state index contributed by atoms with van der Waals surface area (Å²) < 4.78 is 20.8. The molecule has 1 fully saturated rings. The van der Waals surface area contributed by atoms with E-state index in [-0.39, 0.29) is 6.61 Å². The second-order valence-electron chi connectivity index (χ2n) is 4.01. The Bertz CT molecular complexity index is 509. The Balaban J connectivity index is 1.98. The minimum Gasteiger partial charge on any atom is -0.458 e. The van der Waals surface area contributed by atoms with Crippen molar-refractivity contribution in [3.8, 4) is 0 Å². The van der Waals surface area contributed by atoms with Gasteiger partial charge in [0.2, 0.25) is 0 Å². The van der Waals surface area contributed by atoms with Crippen LogP contribution in [0.2, 0.25) is 0 Å². The Morgan fingerprint density at radius 2 is 2.47 bits per heavy atom. The zero-order valence-electron chi connectivity index (χ0n) is 9.26. The molecule has 1 unspecified atom stereocenters. The van der Waals surface area contributed by atoms with Crippen molar-refractivity contribution in [2.45, 2.75) is 25.4 Å². The summed E-state index contributed by atoms with van der Waals surface area (Å²) in [5, 5.41) is -0.0646. The van der Waals surface area contributed by atoms with Gasteiger partial charge in [0.15, 0.2) is 11.5 Å². The first-order chi connectivity index (χ1) is 8.15. The number of halogens is 1. The fourth-order valence-corrected chi connectivity index (χ4v) is 3.82. The number of carbonyl (C=O) groups excluding carboxylic acids is 1. The third-order valence-corrected chi connectivity index (χ3v) is 4.88. The highest BCUT2D eigenvalue weighted by molar-refractivity contribution is 8.40. The van der Waals surface area contributed by atoms with Gasteiger partial charge in [-0.05, 0) is 30.8 Å². The first-order valence-corrected chi connectivity index (χ1v) is 6.73. The molecule has 2 heterocycles. The molecule has 3 rings (SSSR count). The third-order valence-electron chi connectivity index (χ3n) is 2.77. The SMILES string of the molecule is CCOC(=O)[SH]1C(C2(F)CC2)=Nc2cncn21. The molecule has 0 spiro atoms. The molecule has 0 saturated heterocycles. The first-order valence-electron chi connectivity index (χ1n) is 5.43. The average molecular weight is 257 g/mol. The van der Waals surface area contributed by atoms with Gasteiger partial charge in [-0.15, -0.1) is 0 Å². The first kappa shape index (κ1) is 10.8. The van der Waals surface area contributed by atoms with Gasteiger partial charge in [0, 0.05) is 0 Å². The highest BCUT2D eigenvalue weighted by atomic mass is 32.2. The summed E-state index contributed by atoms with van der Waals surface area (Å²) in [5.41, 5.74) is -1.39. The smallest absolute Gasteiger partial charge is 0.369 e. The number of ether oxygens (including phenoxy) is 1. The number of aromatic nitrogens is 2. The molecule has 0 amide bonds. The normalized spacial score (nSPS) is 26.2. The standard InChI is InChI=1S/C10H12FN3O2S/c1-2-16-9(15)17-8(10(11)3-4-10)13-7-5-12-6-14(7)17/h5-6,17H,2-4H2,1H3. The Labute approximate surface area is 100 Å². The molecular weight excluding hydrogens is 245 g/mol. The van der Waals surface area contributed by atoms with Crippen LogP contribution in [0, 0.1) is 0 Å². The lowest BCUT2D eigenvalue weighted by molar-refractivity contribution is 0.181. The fraction of sp³-hybridized carbons (Fsp3) is 0.500. The molecule has 1 aromatic heterocycles. The topological polar surface area (TPSA) is 56.5 Å². The molecule has 92 valence electrons. The molecule has 1 saturated carbocycles. The average Bonchev–Trinajstić information content (AvgIpc) is 2.76. The molecule has 17 heavy (non-hydrogen) atoms. The number of hydrogen-bond donors (Lipinski definition) is 1. The molecular formula is C10H12FN3O2S. The van der Waals surface area contributed by atoms with Gasteiger partial charge in [0.05, 0.1) is 12.8 Å². The Morgan fingerprint density at radius 1 is 1.71 bits per heavy atom. The van der Waals surface area contributed by atoms with Crippen LogP contribution in [0.3, 0.4) is 0 Å². The van der Waals surface area contributed by atoms with Crippen molar-refractivity contribution < 1.29 is 13.9 Å². The number of nitrogens with zero attached hydrogens (tertiary/aromatic N) is 3. The van der Waals surface area contributed by atoms with E-state index in [1.54, 1.807) is 10.9 Å². The van der Waals surface area contributed by atoms with E-state index in [9.17, 15) is 9.18 Å². The van der Waals surface area contributed by atoms with Crippen LogP contribution in [0.4, 0.5) is 15.0 Å². The molecule has 2 aliphatic rings. The van der Waals surface area contributed by atoms with E-state index in [4.69, 9.17) is 4.74 Å². The van der Waals surface area contributed by atoms with Gasteiger partial charge in [-0.25, -0.2) is 19.2 Å². The summed E-state index contributed by atoms with van der Waals surface area (Å²) in [6, 6.07) is 0. The maximum Gasteiger partial charge on any atom is 0.369 e. The highest BCUT2D eigenvalue weighted by Gasteiger charge is 2.54. The van der Waals surface area contributed by atoms with E-state index in [0.717, 1.165) is 0 Å². The number of hydrogen-bond acceptors (Lipinski definition) is 4. The number of carbonyl (C=O) groups is 1. The summed E-state index contributed by atoms with van der Waals surface area (Å²) in [5.74, 6) is 0.545. The molecule has 1 aliphatic heterocycles. The molecule has 7 heteroatoms. The number of alkyl halides is 1. The van der Waals surface area contributed by atoms with Gasteiger partial charge in [-0.2, -0.15) is 0 Å². The van der Waals surface area contributed by atoms with E-state index < -0.39 is 22.1 Å². The number of fused-ring (bicyclic) bond motifs is 1. The third kappa shape index (κ3) is 1.56. The number of thiol groups is 1. The molecule has 0 N–H and O–H groups in total. The quantitative estimate of drug-likeness (QED) is 0.653. The maximum absolute atomic E-state index is 14.1. The van der Waals surface area contributed by atoms with Crippen molar-refractivity contribution >= 4 is 27.2 Å². The highest BCUT2D eigenvalue weighted by Crippen LogP contribution is 2.54.